The van der Waals surface area contributed by atoms with Gasteiger partial charge in [0, 0.05) is 25.1 Å². The molecule has 1 saturated heterocycles. The summed E-state index contributed by atoms with van der Waals surface area (Å²) in [5.74, 6) is -0.271. The number of hydrogen-bond acceptors (Lipinski definition) is 2. The highest BCUT2D eigenvalue weighted by molar-refractivity contribution is 5.88. The number of allylic oxidation sites excluding steroid dienone is 3. The summed E-state index contributed by atoms with van der Waals surface area (Å²) in [6.07, 6.45) is 8.60. The van der Waals surface area contributed by atoms with Crippen molar-refractivity contribution in [1.29, 1.82) is 0 Å². The summed E-state index contributed by atoms with van der Waals surface area (Å²) in [6.45, 7) is 7.91. The Morgan fingerprint density at radius 3 is 2.45 bits per heavy atom. The van der Waals surface area contributed by atoms with E-state index < -0.39 is 0 Å². The molecule has 4 heteroatoms. The third-order valence-corrected chi connectivity index (χ3v) is 5.14. The van der Waals surface area contributed by atoms with Crippen molar-refractivity contribution in [3.63, 3.8) is 0 Å². The minimum absolute atomic E-state index is 0.0459. The minimum atomic E-state index is -0.243. The Hall–Kier alpha value is -1.58. The molecule has 0 atom stereocenters. The maximum absolute atomic E-state index is 12.3. The molecule has 0 bridgehead atoms. The molecule has 0 spiro atoms. The predicted octanol–water partition coefficient (Wildman–Crippen LogP) is 2.79. The Labute approximate surface area is 133 Å². The van der Waals surface area contributed by atoms with Crippen molar-refractivity contribution in [2.75, 3.05) is 13.1 Å². The summed E-state index contributed by atoms with van der Waals surface area (Å²) >= 11 is 0. The van der Waals surface area contributed by atoms with Crippen LogP contribution in [0.5, 0.6) is 0 Å². The summed E-state index contributed by atoms with van der Waals surface area (Å²) in [7, 11) is 0. The van der Waals surface area contributed by atoms with Crippen LogP contribution < -0.4 is 5.73 Å². The highest BCUT2D eigenvalue weighted by atomic mass is 16.2. The van der Waals surface area contributed by atoms with Crippen molar-refractivity contribution >= 4 is 11.8 Å². The Morgan fingerprint density at radius 2 is 1.91 bits per heavy atom. The smallest absolute Gasteiger partial charge is 0.246 e. The first-order valence-corrected chi connectivity index (χ1v) is 8.28. The van der Waals surface area contributed by atoms with Gasteiger partial charge < -0.3 is 10.6 Å². The Kier molecular flexibility index (Phi) is 5.09. The van der Waals surface area contributed by atoms with E-state index in [2.05, 4.69) is 20.8 Å². The van der Waals surface area contributed by atoms with Gasteiger partial charge in [-0.25, -0.2) is 0 Å². The maximum atomic E-state index is 12.3. The van der Waals surface area contributed by atoms with Crippen LogP contribution in [0.15, 0.2) is 23.3 Å². The standard InChI is InChI=1S/C18H28N2O2/c1-13-5-4-10-18(2,3)15(13)6-7-16(21)20-11-8-14(9-12-20)17(19)22/h6-7,14H,4-5,8-12H2,1-3H3,(H2,19,22)/b7-6+. The molecule has 2 rings (SSSR count). The fraction of sp³-hybridized carbons (Fsp3) is 0.667. The third kappa shape index (κ3) is 3.79. The van der Waals surface area contributed by atoms with Gasteiger partial charge in [0.05, 0.1) is 0 Å². The van der Waals surface area contributed by atoms with E-state index in [1.54, 1.807) is 6.08 Å². The van der Waals surface area contributed by atoms with Gasteiger partial charge in [-0.05, 0) is 50.0 Å². The summed E-state index contributed by atoms with van der Waals surface area (Å²) in [5, 5.41) is 0. The molecular weight excluding hydrogens is 276 g/mol. The van der Waals surface area contributed by atoms with Crippen molar-refractivity contribution < 1.29 is 9.59 Å². The summed E-state index contributed by atoms with van der Waals surface area (Å²) < 4.78 is 0. The summed E-state index contributed by atoms with van der Waals surface area (Å²) in [5.41, 5.74) is 8.18. The lowest BCUT2D eigenvalue weighted by molar-refractivity contribution is -0.130. The number of nitrogens with zero attached hydrogens (tertiary/aromatic N) is 1. The second kappa shape index (κ2) is 6.67. The van der Waals surface area contributed by atoms with Crippen LogP contribution in [0, 0.1) is 11.3 Å². The largest absolute Gasteiger partial charge is 0.369 e. The van der Waals surface area contributed by atoms with Crippen LogP contribution in [0.3, 0.4) is 0 Å². The molecule has 0 aromatic carbocycles. The van der Waals surface area contributed by atoms with E-state index in [1.165, 1.54) is 24.0 Å². The van der Waals surface area contributed by atoms with E-state index in [-0.39, 0.29) is 23.1 Å². The molecular formula is C18H28N2O2. The second-order valence-electron chi connectivity index (χ2n) is 7.27. The van der Waals surface area contributed by atoms with Crippen LogP contribution in [0.4, 0.5) is 0 Å². The number of piperidine rings is 1. The lowest BCUT2D eigenvalue weighted by Crippen LogP contribution is -2.41. The van der Waals surface area contributed by atoms with Crippen molar-refractivity contribution in [2.24, 2.45) is 17.1 Å². The first-order valence-electron chi connectivity index (χ1n) is 8.28. The number of likely N-dealkylation sites (tertiary alicyclic amines) is 1. The molecule has 1 heterocycles. The van der Waals surface area contributed by atoms with Crippen LogP contribution in [-0.4, -0.2) is 29.8 Å². The van der Waals surface area contributed by atoms with Crippen LogP contribution in [0.2, 0.25) is 0 Å². The zero-order valence-electron chi connectivity index (χ0n) is 14.0. The molecule has 1 fully saturated rings. The lowest BCUT2D eigenvalue weighted by Gasteiger charge is -2.33. The topological polar surface area (TPSA) is 63.4 Å². The number of nitrogens with two attached hydrogens (primary N) is 1. The summed E-state index contributed by atoms with van der Waals surface area (Å²) in [4.78, 5) is 25.3. The number of hydrogen-bond donors (Lipinski definition) is 1. The van der Waals surface area contributed by atoms with Crippen LogP contribution in [-0.2, 0) is 9.59 Å². The monoisotopic (exact) mass is 304 g/mol. The van der Waals surface area contributed by atoms with Crippen LogP contribution >= 0.6 is 0 Å². The van der Waals surface area contributed by atoms with E-state index in [9.17, 15) is 9.59 Å². The average Bonchev–Trinajstić information content (AvgIpc) is 2.46. The lowest BCUT2D eigenvalue weighted by atomic mass is 9.72. The number of primary amides is 1. The van der Waals surface area contributed by atoms with Gasteiger partial charge >= 0.3 is 0 Å². The fourth-order valence-corrected chi connectivity index (χ4v) is 3.65. The zero-order chi connectivity index (χ0) is 16.3. The minimum Gasteiger partial charge on any atom is -0.369 e. The number of carbonyl (C=O) groups is 2. The molecule has 0 aromatic heterocycles. The molecule has 22 heavy (non-hydrogen) atoms. The van der Waals surface area contributed by atoms with E-state index in [4.69, 9.17) is 5.73 Å². The van der Waals surface area contributed by atoms with Gasteiger partial charge in [0.2, 0.25) is 11.8 Å². The number of carbonyl (C=O) groups excluding carboxylic acids is 2. The zero-order valence-corrected chi connectivity index (χ0v) is 14.0. The van der Waals surface area contributed by atoms with Crippen molar-refractivity contribution in [3.05, 3.63) is 23.3 Å². The van der Waals surface area contributed by atoms with Crippen molar-refractivity contribution in [3.8, 4) is 0 Å². The predicted molar refractivity (Wildman–Crippen MR) is 88.0 cm³/mol. The molecule has 4 nitrogen and oxygen atoms in total. The van der Waals surface area contributed by atoms with Gasteiger partial charge in [0.1, 0.15) is 0 Å². The molecule has 1 aliphatic carbocycles. The van der Waals surface area contributed by atoms with Gasteiger partial charge in [0.15, 0.2) is 0 Å². The Morgan fingerprint density at radius 1 is 1.27 bits per heavy atom. The molecule has 0 radical (unpaired) electrons. The van der Waals surface area contributed by atoms with E-state index in [0.29, 0.717) is 25.9 Å². The first-order chi connectivity index (χ1) is 10.3. The molecule has 0 aromatic rings. The third-order valence-electron chi connectivity index (χ3n) is 5.14. The van der Waals surface area contributed by atoms with Gasteiger partial charge in [-0.2, -0.15) is 0 Å². The fourth-order valence-electron chi connectivity index (χ4n) is 3.65. The van der Waals surface area contributed by atoms with Gasteiger partial charge in [-0.3, -0.25) is 9.59 Å². The molecule has 122 valence electrons. The second-order valence-corrected chi connectivity index (χ2v) is 7.27. The van der Waals surface area contributed by atoms with E-state index >= 15 is 0 Å². The highest BCUT2D eigenvalue weighted by Crippen LogP contribution is 2.40. The maximum Gasteiger partial charge on any atom is 0.246 e. The number of amides is 2. The summed E-state index contributed by atoms with van der Waals surface area (Å²) in [6, 6.07) is 0. The molecule has 0 saturated carbocycles. The molecule has 1 aliphatic heterocycles. The Balaban J connectivity index is 1.99. The SMILES string of the molecule is CC1=C(/C=C/C(=O)N2CCC(C(N)=O)CC2)C(C)(C)CCC1. The van der Waals surface area contributed by atoms with E-state index in [1.807, 2.05) is 11.0 Å². The van der Waals surface area contributed by atoms with Gasteiger partial charge in [-0.1, -0.05) is 25.5 Å². The normalized spacial score (nSPS) is 23.1. The molecule has 2 N–H and O–H groups in total. The van der Waals surface area contributed by atoms with Crippen LogP contribution in [0.25, 0.3) is 0 Å². The van der Waals surface area contributed by atoms with Crippen LogP contribution in [0.1, 0.15) is 52.9 Å². The Bertz CT molecular complexity index is 509. The molecule has 0 unspecified atom stereocenters. The van der Waals surface area contributed by atoms with E-state index in [0.717, 1.165) is 6.42 Å². The molecule has 2 amide bonds. The first kappa shape index (κ1) is 16.8. The highest BCUT2D eigenvalue weighted by Gasteiger charge is 2.28. The molecule has 2 aliphatic rings. The van der Waals surface area contributed by atoms with Gasteiger partial charge in [-0.15, -0.1) is 0 Å². The average molecular weight is 304 g/mol. The van der Waals surface area contributed by atoms with Gasteiger partial charge in [0.25, 0.3) is 0 Å². The van der Waals surface area contributed by atoms with Crippen molar-refractivity contribution in [2.45, 2.75) is 52.9 Å². The number of rotatable bonds is 3. The van der Waals surface area contributed by atoms with Crippen molar-refractivity contribution in [1.82, 2.24) is 4.90 Å². The quantitative estimate of drug-likeness (QED) is 0.815.